The van der Waals surface area contributed by atoms with Gasteiger partial charge in [-0.25, -0.2) is 0 Å². The van der Waals surface area contributed by atoms with Gasteiger partial charge in [-0.2, -0.15) is 13.2 Å². The first-order chi connectivity index (χ1) is 13.3. The highest BCUT2D eigenvalue weighted by atomic mass is 19.4. The van der Waals surface area contributed by atoms with Crippen LogP contribution in [0.15, 0.2) is 48.5 Å². The van der Waals surface area contributed by atoms with Gasteiger partial charge in [0.15, 0.2) is 0 Å². The van der Waals surface area contributed by atoms with Gasteiger partial charge in [0.25, 0.3) is 0 Å². The number of rotatable bonds is 5. The van der Waals surface area contributed by atoms with Gasteiger partial charge in [0, 0.05) is 30.8 Å². The average Bonchev–Trinajstić information content (AvgIpc) is 3.07. The Bertz CT molecular complexity index is 866. The van der Waals surface area contributed by atoms with Crippen LogP contribution < -0.4 is 15.0 Å². The van der Waals surface area contributed by atoms with E-state index in [1.165, 1.54) is 24.1 Å². The van der Waals surface area contributed by atoms with E-state index in [4.69, 9.17) is 4.74 Å². The maximum atomic E-state index is 12.7. The summed E-state index contributed by atoms with van der Waals surface area (Å²) < 4.78 is 43.3. The van der Waals surface area contributed by atoms with Gasteiger partial charge < -0.3 is 15.0 Å². The summed E-state index contributed by atoms with van der Waals surface area (Å²) in [4.78, 5) is 26.0. The minimum Gasteiger partial charge on any atom is -0.496 e. The molecule has 0 aliphatic carbocycles. The summed E-state index contributed by atoms with van der Waals surface area (Å²) in [7, 11) is 1.54. The number of hydrogen-bond donors (Lipinski definition) is 1. The number of carbonyl (C=O) groups is 2. The lowest BCUT2D eigenvalue weighted by atomic mass is 10.1. The summed E-state index contributed by atoms with van der Waals surface area (Å²) in [6.07, 6.45) is -4.42. The highest BCUT2D eigenvalue weighted by molar-refractivity contribution is 6.00. The molecule has 1 aliphatic rings. The molecule has 0 spiro atoms. The molecular formula is C20H19F3N2O3. The zero-order valence-electron chi connectivity index (χ0n) is 15.1. The first kappa shape index (κ1) is 19.7. The van der Waals surface area contributed by atoms with Crippen molar-refractivity contribution in [2.75, 3.05) is 18.6 Å². The fourth-order valence-corrected chi connectivity index (χ4v) is 3.14. The van der Waals surface area contributed by atoms with Crippen molar-refractivity contribution in [3.8, 4) is 5.75 Å². The smallest absolute Gasteiger partial charge is 0.416 e. The van der Waals surface area contributed by atoms with Crippen molar-refractivity contribution in [1.29, 1.82) is 0 Å². The van der Waals surface area contributed by atoms with E-state index in [1.54, 1.807) is 6.07 Å². The van der Waals surface area contributed by atoms with Gasteiger partial charge in [-0.05, 0) is 30.3 Å². The molecule has 148 valence electrons. The maximum absolute atomic E-state index is 12.7. The number of halogens is 3. The molecule has 5 nitrogen and oxygen atoms in total. The van der Waals surface area contributed by atoms with Crippen LogP contribution >= 0.6 is 0 Å². The zero-order valence-corrected chi connectivity index (χ0v) is 15.1. The highest BCUT2D eigenvalue weighted by Crippen LogP contribution is 2.32. The molecule has 1 aliphatic heterocycles. The number of alkyl halides is 3. The number of carbonyl (C=O) groups excluding carboxylic acids is 2. The predicted octanol–water partition coefficient (Wildman–Crippen LogP) is 3.38. The van der Waals surface area contributed by atoms with E-state index in [0.717, 1.165) is 17.7 Å². The first-order valence-corrected chi connectivity index (χ1v) is 8.67. The minimum atomic E-state index is -4.44. The summed E-state index contributed by atoms with van der Waals surface area (Å²) in [5, 5.41) is 2.79. The van der Waals surface area contributed by atoms with Crippen LogP contribution in [0.1, 0.15) is 17.5 Å². The molecule has 0 radical (unpaired) electrons. The monoisotopic (exact) mass is 392 g/mol. The Morgan fingerprint density at radius 1 is 1.18 bits per heavy atom. The van der Waals surface area contributed by atoms with E-state index in [1.807, 2.05) is 18.2 Å². The van der Waals surface area contributed by atoms with Crippen molar-refractivity contribution in [3.63, 3.8) is 0 Å². The number of ether oxygens (including phenoxy) is 1. The van der Waals surface area contributed by atoms with Crippen LogP contribution in [0.25, 0.3) is 0 Å². The molecule has 0 aromatic heterocycles. The Morgan fingerprint density at radius 2 is 1.86 bits per heavy atom. The lowest BCUT2D eigenvalue weighted by molar-refractivity contribution is -0.137. The van der Waals surface area contributed by atoms with Crippen molar-refractivity contribution in [1.82, 2.24) is 5.32 Å². The van der Waals surface area contributed by atoms with E-state index in [0.29, 0.717) is 11.4 Å². The lowest BCUT2D eigenvalue weighted by Crippen LogP contribution is -2.32. The topological polar surface area (TPSA) is 58.6 Å². The molecule has 3 rings (SSSR count). The molecule has 1 heterocycles. The highest BCUT2D eigenvalue weighted by Gasteiger charge is 2.36. The number of anilines is 1. The third kappa shape index (κ3) is 4.27. The van der Waals surface area contributed by atoms with Crippen LogP contribution in [0.2, 0.25) is 0 Å². The number of nitrogens with one attached hydrogen (secondary N) is 1. The van der Waals surface area contributed by atoms with Crippen LogP contribution in [0.3, 0.4) is 0 Å². The normalized spacial score (nSPS) is 16.9. The summed E-state index contributed by atoms with van der Waals surface area (Å²) in [6.45, 7) is 0.385. The predicted molar refractivity (Wildman–Crippen MR) is 96.7 cm³/mol. The van der Waals surface area contributed by atoms with E-state index < -0.39 is 17.7 Å². The molecule has 2 aromatic carbocycles. The van der Waals surface area contributed by atoms with Gasteiger partial charge in [-0.3, -0.25) is 9.59 Å². The Kier molecular flexibility index (Phi) is 5.58. The molecule has 1 unspecified atom stereocenters. The molecule has 0 saturated carbocycles. The van der Waals surface area contributed by atoms with Gasteiger partial charge >= 0.3 is 6.18 Å². The number of amides is 2. The molecular weight excluding hydrogens is 373 g/mol. The van der Waals surface area contributed by atoms with Crippen LogP contribution in [0.5, 0.6) is 5.75 Å². The SMILES string of the molecule is COc1ccccc1CNC(=O)C1CC(=O)N(c2ccc(C(F)(F)F)cc2)C1. The van der Waals surface area contributed by atoms with E-state index in [9.17, 15) is 22.8 Å². The molecule has 1 fully saturated rings. The fourth-order valence-electron chi connectivity index (χ4n) is 3.14. The van der Waals surface area contributed by atoms with E-state index in [2.05, 4.69) is 5.32 Å². The Balaban J connectivity index is 1.63. The number of benzene rings is 2. The van der Waals surface area contributed by atoms with E-state index >= 15 is 0 Å². The van der Waals surface area contributed by atoms with Crippen molar-refractivity contribution < 1.29 is 27.5 Å². The maximum Gasteiger partial charge on any atom is 0.416 e. The average molecular weight is 392 g/mol. The Labute approximate surface area is 160 Å². The van der Waals surface area contributed by atoms with Crippen molar-refractivity contribution in [2.24, 2.45) is 5.92 Å². The van der Waals surface area contributed by atoms with Crippen LogP contribution in [0, 0.1) is 5.92 Å². The summed E-state index contributed by atoms with van der Waals surface area (Å²) in [5.41, 5.74) is 0.370. The number of nitrogens with zero attached hydrogens (tertiary/aromatic N) is 1. The fraction of sp³-hybridized carbons (Fsp3) is 0.300. The largest absolute Gasteiger partial charge is 0.496 e. The van der Waals surface area contributed by atoms with Gasteiger partial charge in [-0.1, -0.05) is 18.2 Å². The van der Waals surface area contributed by atoms with E-state index in [-0.39, 0.29) is 31.3 Å². The lowest BCUT2D eigenvalue weighted by Gasteiger charge is -2.18. The third-order valence-electron chi connectivity index (χ3n) is 4.65. The standard InChI is InChI=1S/C20H19F3N2O3/c1-28-17-5-3-2-4-13(17)11-24-19(27)14-10-18(26)25(12-14)16-8-6-15(7-9-16)20(21,22)23/h2-9,14H,10-12H2,1H3,(H,24,27). The van der Waals surface area contributed by atoms with Crippen LogP contribution in [0.4, 0.5) is 18.9 Å². The molecule has 1 saturated heterocycles. The van der Waals surface area contributed by atoms with Gasteiger partial charge in [0.05, 0.1) is 18.6 Å². The first-order valence-electron chi connectivity index (χ1n) is 8.67. The van der Waals surface area contributed by atoms with Crippen LogP contribution in [-0.2, 0) is 22.3 Å². The van der Waals surface area contributed by atoms with Crippen molar-refractivity contribution in [3.05, 3.63) is 59.7 Å². The second-order valence-corrected chi connectivity index (χ2v) is 6.48. The molecule has 2 amide bonds. The second-order valence-electron chi connectivity index (χ2n) is 6.48. The third-order valence-corrected chi connectivity index (χ3v) is 4.65. The quantitative estimate of drug-likeness (QED) is 0.849. The zero-order chi connectivity index (χ0) is 20.3. The van der Waals surface area contributed by atoms with Crippen molar-refractivity contribution >= 4 is 17.5 Å². The number of para-hydroxylation sites is 1. The van der Waals surface area contributed by atoms with Crippen LogP contribution in [-0.4, -0.2) is 25.5 Å². The van der Waals surface area contributed by atoms with Gasteiger partial charge in [0.1, 0.15) is 5.75 Å². The summed E-state index contributed by atoms with van der Waals surface area (Å²) >= 11 is 0. The number of methoxy groups -OCH3 is 1. The molecule has 0 bridgehead atoms. The molecule has 2 aromatic rings. The van der Waals surface area contributed by atoms with Gasteiger partial charge in [0.2, 0.25) is 11.8 Å². The summed E-state index contributed by atoms with van der Waals surface area (Å²) in [5.74, 6) is -0.493. The molecule has 1 atom stereocenters. The number of hydrogen-bond acceptors (Lipinski definition) is 3. The van der Waals surface area contributed by atoms with Crippen molar-refractivity contribution in [2.45, 2.75) is 19.1 Å². The molecule has 28 heavy (non-hydrogen) atoms. The Hall–Kier alpha value is -3.03. The van der Waals surface area contributed by atoms with Gasteiger partial charge in [-0.15, -0.1) is 0 Å². The second kappa shape index (κ2) is 7.92. The minimum absolute atomic E-state index is 0.0127. The molecule has 8 heteroatoms. The Morgan fingerprint density at radius 3 is 2.50 bits per heavy atom. The summed E-state index contributed by atoms with van der Waals surface area (Å²) in [6, 6.07) is 11.6. The molecule has 1 N–H and O–H groups in total.